The van der Waals surface area contributed by atoms with E-state index in [1.807, 2.05) is 24.3 Å². The molecule has 170 valence electrons. The summed E-state index contributed by atoms with van der Waals surface area (Å²) < 4.78 is 7.04. The van der Waals surface area contributed by atoms with E-state index in [4.69, 9.17) is 4.74 Å². The third-order valence-corrected chi connectivity index (χ3v) is 6.06. The van der Waals surface area contributed by atoms with E-state index in [-0.39, 0.29) is 5.97 Å². The summed E-state index contributed by atoms with van der Waals surface area (Å²) >= 11 is 0. The maximum absolute atomic E-state index is 12.1. The minimum atomic E-state index is -0.280. The van der Waals surface area contributed by atoms with Gasteiger partial charge in [0.05, 0.1) is 7.11 Å². The molecule has 4 nitrogen and oxygen atoms in total. The van der Waals surface area contributed by atoms with Gasteiger partial charge < -0.3 is 9.30 Å². The van der Waals surface area contributed by atoms with Crippen LogP contribution in [-0.4, -0.2) is 23.4 Å². The molecule has 3 aromatic rings. The lowest BCUT2D eigenvalue weighted by Crippen LogP contribution is -2.10. The van der Waals surface area contributed by atoms with Crippen molar-refractivity contribution in [2.24, 2.45) is 0 Å². The molecule has 0 saturated heterocycles. The highest BCUT2D eigenvalue weighted by Crippen LogP contribution is 2.22. The van der Waals surface area contributed by atoms with Crippen molar-refractivity contribution >= 4 is 22.7 Å². The lowest BCUT2D eigenvalue weighted by atomic mass is 10.0. The zero-order chi connectivity index (χ0) is 22.8. The highest BCUT2D eigenvalue weighted by molar-refractivity contribution is 5.95. The molecule has 0 radical (unpaired) electrons. The van der Waals surface area contributed by atoms with Crippen molar-refractivity contribution in [3.63, 3.8) is 0 Å². The summed E-state index contributed by atoms with van der Waals surface area (Å²) in [4.78, 5) is 24.3. The number of Topliss-reactive ketones (excluding diaryl/α,β-unsaturated/α-hetero) is 1. The van der Waals surface area contributed by atoms with E-state index in [0.717, 1.165) is 48.7 Å². The Balaban J connectivity index is 1.30. The van der Waals surface area contributed by atoms with Crippen molar-refractivity contribution in [3.05, 3.63) is 71.4 Å². The summed E-state index contributed by atoms with van der Waals surface area (Å²) in [5.74, 6) is 0.0623. The van der Waals surface area contributed by atoms with Crippen LogP contribution in [0.25, 0.3) is 10.9 Å². The standard InChI is InChI=1S/C28H35NO3/c1-22-15-17-23(18-16-22)20-25(30)13-8-6-4-3-5-7-11-19-29-26-14-10-9-12-24(26)21-27(29)28(31)32-2/h9-10,12,14-18,21H,3-8,11,13,19-20H2,1-2H3. The first kappa shape index (κ1) is 23.8. The molecule has 0 aliphatic carbocycles. The highest BCUT2D eigenvalue weighted by Gasteiger charge is 2.15. The number of esters is 1. The second-order valence-electron chi connectivity index (χ2n) is 8.66. The van der Waals surface area contributed by atoms with Crippen LogP contribution in [0.2, 0.25) is 0 Å². The number of carbonyl (C=O) groups is 2. The van der Waals surface area contributed by atoms with Crippen LogP contribution in [0.1, 0.15) is 73.0 Å². The zero-order valence-electron chi connectivity index (χ0n) is 19.4. The monoisotopic (exact) mass is 433 g/mol. The fourth-order valence-corrected chi connectivity index (χ4v) is 4.22. The van der Waals surface area contributed by atoms with Gasteiger partial charge in [0.2, 0.25) is 0 Å². The summed E-state index contributed by atoms with van der Waals surface area (Å²) in [6, 6.07) is 18.2. The molecular formula is C28H35NO3. The van der Waals surface area contributed by atoms with Crippen LogP contribution in [-0.2, 0) is 22.5 Å². The summed E-state index contributed by atoms with van der Waals surface area (Å²) in [6.45, 7) is 2.89. The Bertz CT molecular complexity index is 1020. The smallest absolute Gasteiger partial charge is 0.354 e. The average molecular weight is 434 g/mol. The van der Waals surface area contributed by atoms with Crippen LogP contribution in [0.5, 0.6) is 0 Å². The van der Waals surface area contributed by atoms with Gasteiger partial charge in [0.1, 0.15) is 11.5 Å². The number of aryl methyl sites for hydroxylation is 2. The highest BCUT2D eigenvalue weighted by atomic mass is 16.5. The van der Waals surface area contributed by atoms with Crippen molar-refractivity contribution in [1.29, 1.82) is 0 Å². The van der Waals surface area contributed by atoms with E-state index < -0.39 is 0 Å². The molecule has 0 spiro atoms. The van der Waals surface area contributed by atoms with Crippen LogP contribution in [0.3, 0.4) is 0 Å². The molecular weight excluding hydrogens is 398 g/mol. The second kappa shape index (κ2) is 12.2. The fraction of sp³-hybridized carbons (Fsp3) is 0.429. The number of nitrogens with zero attached hydrogens (tertiary/aromatic N) is 1. The second-order valence-corrected chi connectivity index (χ2v) is 8.66. The maximum atomic E-state index is 12.1. The van der Waals surface area contributed by atoms with Crippen molar-refractivity contribution in [3.8, 4) is 0 Å². The lowest BCUT2D eigenvalue weighted by Gasteiger charge is -2.09. The minimum Gasteiger partial charge on any atom is -0.464 e. The average Bonchev–Trinajstić information content (AvgIpc) is 3.17. The number of fused-ring (bicyclic) bond motifs is 1. The van der Waals surface area contributed by atoms with E-state index in [1.165, 1.54) is 31.9 Å². The number of rotatable bonds is 13. The molecule has 1 aromatic heterocycles. The zero-order valence-corrected chi connectivity index (χ0v) is 19.4. The summed E-state index contributed by atoms with van der Waals surface area (Å²) in [5, 5.41) is 1.07. The molecule has 32 heavy (non-hydrogen) atoms. The third-order valence-electron chi connectivity index (χ3n) is 6.06. The first-order valence-electron chi connectivity index (χ1n) is 11.8. The maximum Gasteiger partial charge on any atom is 0.354 e. The molecule has 1 heterocycles. The van der Waals surface area contributed by atoms with Gasteiger partial charge in [-0.1, -0.05) is 80.1 Å². The first-order valence-corrected chi connectivity index (χ1v) is 11.8. The molecule has 2 aromatic carbocycles. The number of ketones is 1. The Morgan fingerprint density at radius 2 is 1.50 bits per heavy atom. The summed E-state index contributed by atoms with van der Waals surface area (Å²) in [7, 11) is 1.43. The van der Waals surface area contributed by atoms with Gasteiger partial charge >= 0.3 is 5.97 Å². The molecule has 0 N–H and O–H groups in total. The minimum absolute atomic E-state index is 0.280. The number of benzene rings is 2. The predicted octanol–water partition coefficient (Wildman–Crippen LogP) is 6.67. The summed E-state index contributed by atoms with van der Waals surface area (Å²) in [5.41, 5.74) is 4.06. The van der Waals surface area contributed by atoms with Gasteiger partial charge in [0.25, 0.3) is 0 Å². The third kappa shape index (κ3) is 6.81. The van der Waals surface area contributed by atoms with Gasteiger partial charge in [-0.05, 0) is 37.5 Å². The lowest BCUT2D eigenvalue weighted by molar-refractivity contribution is -0.118. The number of unbranched alkanes of at least 4 members (excludes halogenated alkanes) is 6. The number of para-hydroxylation sites is 1. The van der Waals surface area contributed by atoms with Gasteiger partial charge in [0, 0.05) is 30.3 Å². The number of ether oxygens (including phenoxy) is 1. The van der Waals surface area contributed by atoms with Gasteiger partial charge in [-0.2, -0.15) is 0 Å². The van der Waals surface area contributed by atoms with E-state index in [2.05, 4.69) is 41.8 Å². The number of hydrogen-bond donors (Lipinski definition) is 0. The fourth-order valence-electron chi connectivity index (χ4n) is 4.22. The Morgan fingerprint density at radius 3 is 2.22 bits per heavy atom. The van der Waals surface area contributed by atoms with Crippen molar-refractivity contribution in [2.75, 3.05) is 7.11 Å². The van der Waals surface area contributed by atoms with Crippen LogP contribution in [0, 0.1) is 6.92 Å². The van der Waals surface area contributed by atoms with Gasteiger partial charge in [-0.3, -0.25) is 4.79 Å². The summed E-state index contributed by atoms with van der Waals surface area (Å²) in [6.07, 6.45) is 9.09. The van der Waals surface area contributed by atoms with Crippen LogP contribution < -0.4 is 0 Å². The number of methoxy groups -OCH3 is 1. The normalized spacial score (nSPS) is 11.1. The molecule has 0 aliphatic rings. The SMILES string of the molecule is COC(=O)c1cc2ccccc2n1CCCCCCCCCC(=O)Cc1ccc(C)cc1. The Labute approximate surface area is 191 Å². The molecule has 4 heteroatoms. The van der Waals surface area contributed by atoms with Crippen LogP contribution >= 0.6 is 0 Å². The first-order chi connectivity index (χ1) is 15.6. The van der Waals surface area contributed by atoms with Gasteiger partial charge in [0.15, 0.2) is 0 Å². The molecule has 3 rings (SSSR count). The van der Waals surface area contributed by atoms with Gasteiger partial charge in [-0.15, -0.1) is 0 Å². The Hall–Kier alpha value is -2.88. The van der Waals surface area contributed by atoms with Crippen molar-refractivity contribution in [2.45, 2.75) is 71.3 Å². The van der Waals surface area contributed by atoms with E-state index >= 15 is 0 Å². The van der Waals surface area contributed by atoms with Crippen LogP contribution in [0.15, 0.2) is 54.6 Å². The van der Waals surface area contributed by atoms with E-state index in [9.17, 15) is 9.59 Å². The number of carbonyl (C=O) groups excluding carboxylic acids is 2. The topological polar surface area (TPSA) is 48.3 Å². The molecule has 0 fully saturated rings. The van der Waals surface area contributed by atoms with Crippen molar-refractivity contribution < 1.29 is 14.3 Å². The number of aromatic nitrogens is 1. The largest absolute Gasteiger partial charge is 0.464 e. The molecule has 0 bridgehead atoms. The van der Waals surface area contributed by atoms with Crippen LogP contribution in [0.4, 0.5) is 0 Å². The molecule has 0 amide bonds. The molecule has 0 unspecified atom stereocenters. The molecule has 0 saturated carbocycles. The Morgan fingerprint density at radius 1 is 0.844 bits per heavy atom. The predicted molar refractivity (Wildman–Crippen MR) is 130 cm³/mol. The quantitative estimate of drug-likeness (QED) is 0.223. The van der Waals surface area contributed by atoms with E-state index in [1.54, 1.807) is 0 Å². The molecule has 0 atom stereocenters. The van der Waals surface area contributed by atoms with E-state index in [0.29, 0.717) is 24.3 Å². The van der Waals surface area contributed by atoms with Crippen molar-refractivity contribution in [1.82, 2.24) is 4.57 Å². The molecule has 0 aliphatic heterocycles. The number of hydrogen-bond acceptors (Lipinski definition) is 3. The van der Waals surface area contributed by atoms with Gasteiger partial charge in [-0.25, -0.2) is 4.79 Å². The Kier molecular flexibility index (Phi) is 9.09.